The maximum atomic E-state index is 12.5. The number of esters is 1. The van der Waals surface area contributed by atoms with Crippen LogP contribution in [-0.4, -0.2) is 39.1 Å². The minimum absolute atomic E-state index is 0.148. The van der Waals surface area contributed by atoms with E-state index in [2.05, 4.69) is 69.3 Å². The molecule has 3 rings (SSSR count). The first-order valence-corrected chi connectivity index (χ1v) is 13.4. The molecule has 1 aliphatic rings. The summed E-state index contributed by atoms with van der Waals surface area (Å²) in [7, 11) is -1.36. The molecule has 2 atom stereocenters. The van der Waals surface area contributed by atoms with Crippen LogP contribution in [0.3, 0.4) is 0 Å². The van der Waals surface area contributed by atoms with Crippen molar-refractivity contribution in [1.82, 2.24) is 0 Å². The van der Waals surface area contributed by atoms with Crippen molar-refractivity contribution < 1.29 is 23.5 Å². The van der Waals surface area contributed by atoms with Gasteiger partial charge in [-0.25, -0.2) is 0 Å². The van der Waals surface area contributed by atoms with Gasteiger partial charge in [-0.15, -0.1) is 0 Å². The molecule has 0 heterocycles. The van der Waals surface area contributed by atoms with Crippen molar-refractivity contribution in [2.45, 2.75) is 58.0 Å². The summed E-state index contributed by atoms with van der Waals surface area (Å²) >= 11 is 0. The molecular formula is C28H34O5Si. The Morgan fingerprint density at radius 2 is 1.50 bits per heavy atom. The second kappa shape index (κ2) is 10.2. The lowest BCUT2D eigenvalue weighted by atomic mass is 9.96. The average Bonchev–Trinajstić information content (AvgIpc) is 2.79. The van der Waals surface area contributed by atoms with E-state index in [9.17, 15) is 9.59 Å². The predicted octanol–water partition coefficient (Wildman–Crippen LogP) is 4.31. The molecule has 0 radical (unpaired) electrons. The molecule has 0 amide bonds. The number of ether oxygens (including phenoxy) is 2. The van der Waals surface area contributed by atoms with Gasteiger partial charge in [0, 0.05) is 20.1 Å². The van der Waals surface area contributed by atoms with Gasteiger partial charge in [-0.3, -0.25) is 9.59 Å². The maximum absolute atomic E-state index is 12.5. The van der Waals surface area contributed by atoms with Gasteiger partial charge < -0.3 is 13.9 Å². The molecule has 0 saturated carbocycles. The molecule has 2 aromatic carbocycles. The molecule has 180 valence electrons. The third-order valence-electron chi connectivity index (χ3n) is 6.08. The Morgan fingerprint density at radius 3 is 1.94 bits per heavy atom. The van der Waals surface area contributed by atoms with E-state index < -0.39 is 25.9 Å². The van der Waals surface area contributed by atoms with Crippen LogP contribution in [-0.2, 0) is 23.5 Å². The summed E-state index contributed by atoms with van der Waals surface area (Å²) in [6.07, 6.45) is 5.08. The van der Waals surface area contributed by atoms with Crippen molar-refractivity contribution in [3.8, 4) is 0 Å². The number of hydrogen-bond acceptors (Lipinski definition) is 5. The largest absolute Gasteiger partial charge is 0.421 e. The van der Waals surface area contributed by atoms with Gasteiger partial charge in [0.25, 0.3) is 14.1 Å². The maximum Gasteiger partial charge on any atom is 0.305 e. The monoisotopic (exact) mass is 478 g/mol. The van der Waals surface area contributed by atoms with Crippen LogP contribution in [0.1, 0.15) is 41.0 Å². The molecule has 5 nitrogen and oxygen atoms in total. The van der Waals surface area contributed by atoms with Crippen molar-refractivity contribution >= 4 is 30.4 Å². The Morgan fingerprint density at radius 1 is 0.971 bits per heavy atom. The van der Waals surface area contributed by atoms with Gasteiger partial charge >= 0.3 is 5.97 Å². The van der Waals surface area contributed by atoms with E-state index in [4.69, 9.17) is 13.9 Å². The van der Waals surface area contributed by atoms with Crippen LogP contribution >= 0.6 is 0 Å². The summed E-state index contributed by atoms with van der Waals surface area (Å²) in [5, 5.41) is 2.26. The zero-order chi connectivity index (χ0) is 25.0. The highest BCUT2D eigenvalue weighted by molar-refractivity contribution is 6.99. The number of carbonyl (C=O) groups excluding carboxylic acids is 2. The highest BCUT2D eigenvalue weighted by Gasteiger charge is 2.51. The Hall–Kier alpha value is -2.80. The molecule has 0 bridgehead atoms. The third-order valence-corrected chi connectivity index (χ3v) is 11.2. The van der Waals surface area contributed by atoms with E-state index >= 15 is 0 Å². The average molecular weight is 479 g/mol. The van der Waals surface area contributed by atoms with Gasteiger partial charge in [0.2, 0.25) is 5.78 Å². The Bertz CT molecular complexity index is 1030. The lowest BCUT2D eigenvalue weighted by molar-refractivity contribution is -0.199. The number of methoxy groups -OCH3 is 1. The molecule has 0 spiro atoms. The molecule has 0 aliphatic heterocycles. The minimum atomic E-state index is -2.72. The Kier molecular flexibility index (Phi) is 7.76. The molecule has 0 saturated heterocycles. The van der Waals surface area contributed by atoms with E-state index in [0.29, 0.717) is 6.42 Å². The molecule has 2 unspecified atom stereocenters. The van der Waals surface area contributed by atoms with E-state index in [-0.39, 0.29) is 11.1 Å². The molecule has 0 aromatic heterocycles. The summed E-state index contributed by atoms with van der Waals surface area (Å²) in [5.41, 5.74) is 0.813. The van der Waals surface area contributed by atoms with Crippen molar-refractivity contribution in [1.29, 1.82) is 0 Å². The fourth-order valence-electron chi connectivity index (χ4n) is 4.65. The smallest absolute Gasteiger partial charge is 0.305 e. The fourth-order valence-corrected chi connectivity index (χ4v) is 9.35. The van der Waals surface area contributed by atoms with E-state index in [1.807, 2.05) is 19.1 Å². The van der Waals surface area contributed by atoms with Crippen molar-refractivity contribution in [3.05, 3.63) is 84.5 Å². The van der Waals surface area contributed by atoms with Crippen LogP contribution in [0, 0.1) is 0 Å². The van der Waals surface area contributed by atoms with Gasteiger partial charge in [0.15, 0.2) is 0 Å². The second-order valence-corrected chi connectivity index (χ2v) is 13.9. The Labute approximate surface area is 203 Å². The summed E-state index contributed by atoms with van der Waals surface area (Å²) in [5.74, 6) is -2.74. The number of ketones is 1. The number of hydrogen-bond donors (Lipinski definition) is 0. The first-order chi connectivity index (χ1) is 16.0. The number of benzene rings is 2. The molecule has 34 heavy (non-hydrogen) atoms. The first kappa shape index (κ1) is 25.8. The van der Waals surface area contributed by atoms with Crippen LogP contribution in [0.2, 0.25) is 5.04 Å². The number of rotatable bonds is 8. The quantitative estimate of drug-likeness (QED) is 0.321. The zero-order valence-corrected chi connectivity index (χ0v) is 21.8. The SMILES string of the molecule is COC1(OC(C)=O)C=C(CC(C)O[Si](c2ccccc2)(c2ccccc2)C(C)(C)C)C=CC1=O. The highest BCUT2D eigenvalue weighted by atomic mass is 28.4. The normalized spacial score (nSPS) is 19.5. The number of allylic oxidation sites excluding steroid dienone is 1. The minimum Gasteiger partial charge on any atom is -0.421 e. The summed E-state index contributed by atoms with van der Waals surface area (Å²) in [6.45, 7) is 10.0. The Balaban J connectivity index is 2.00. The standard InChI is InChI=1S/C28H34O5Si/c1-21(19-23-17-18-26(30)28(20-23,31-6)32-22(2)29)33-34(27(3,4)5,24-13-9-7-10-14-24)25-15-11-8-12-16-25/h7-18,20-21H,19H2,1-6H3. The van der Waals surface area contributed by atoms with E-state index in [1.165, 1.54) is 30.5 Å². The van der Waals surface area contributed by atoms with Crippen LogP contribution in [0.15, 0.2) is 84.5 Å². The van der Waals surface area contributed by atoms with E-state index in [0.717, 1.165) is 5.57 Å². The van der Waals surface area contributed by atoms with Gasteiger partial charge in [0.1, 0.15) is 0 Å². The number of carbonyl (C=O) groups is 2. The third kappa shape index (κ3) is 5.14. The summed E-state index contributed by atoms with van der Waals surface area (Å²) < 4.78 is 17.7. The van der Waals surface area contributed by atoms with Gasteiger partial charge in [-0.05, 0) is 46.5 Å². The topological polar surface area (TPSA) is 61.8 Å². The van der Waals surface area contributed by atoms with Crippen LogP contribution in [0.4, 0.5) is 0 Å². The zero-order valence-electron chi connectivity index (χ0n) is 20.8. The van der Waals surface area contributed by atoms with E-state index in [1.54, 1.807) is 12.2 Å². The van der Waals surface area contributed by atoms with Gasteiger partial charge in [-0.2, -0.15) is 0 Å². The molecule has 2 aromatic rings. The molecule has 0 fully saturated rings. The van der Waals surface area contributed by atoms with Crippen LogP contribution in [0.5, 0.6) is 0 Å². The van der Waals surface area contributed by atoms with Crippen molar-refractivity contribution in [2.24, 2.45) is 0 Å². The summed E-state index contributed by atoms with van der Waals surface area (Å²) in [4.78, 5) is 24.1. The highest BCUT2D eigenvalue weighted by Crippen LogP contribution is 2.38. The lowest BCUT2D eigenvalue weighted by Gasteiger charge is -2.45. The van der Waals surface area contributed by atoms with Crippen LogP contribution < -0.4 is 10.4 Å². The molecule has 6 heteroatoms. The second-order valence-electron chi connectivity index (χ2n) is 9.68. The van der Waals surface area contributed by atoms with Crippen molar-refractivity contribution in [3.63, 3.8) is 0 Å². The summed E-state index contributed by atoms with van der Waals surface area (Å²) in [6, 6.07) is 20.9. The van der Waals surface area contributed by atoms with Crippen molar-refractivity contribution in [2.75, 3.05) is 7.11 Å². The predicted molar refractivity (Wildman–Crippen MR) is 137 cm³/mol. The first-order valence-electron chi connectivity index (χ1n) is 11.5. The van der Waals surface area contributed by atoms with Crippen LogP contribution in [0.25, 0.3) is 0 Å². The fraction of sp³-hybridized carbons (Fsp3) is 0.357. The molecular weight excluding hydrogens is 444 g/mol. The molecule has 1 aliphatic carbocycles. The van der Waals surface area contributed by atoms with Gasteiger partial charge in [-0.1, -0.05) is 87.5 Å². The van der Waals surface area contributed by atoms with Gasteiger partial charge in [0.05, 0.1) is 0 Å². The lowest BCUT2D eigenvalue weighted by Crippen LogP contribution is -2.67. The molecule has 0 N–H and O–H groups in total.